The Balaban J connectivity index is 2.32. The Labute approximate surface area is 109 Å². The summed E-state index contributed by atoms with van der Waals surface area (Å²) in [5.74, 6) is -0.0467. The first kappa shape index (κ1) is 13.8. The standard InChI is InChI=1S/C12H21NO4S/c1-3-18(15,16)13-10-7-5-4-6-9(10)8-11(13)12(14)17-2/h9-11H,3-8H2,1-2H3/t9-,10-,11+/m1/s1. The fourth-order valence-corrected chi connectivity index (χ4v) is 4.85. The minimum absolute atomic E-state index is 0.00722. The fourth-order valence-electron chi connectivity index (χ4n) is 3.31. The number of carbonyl (C=O) groups excluding carboxylic acids is 1. The zero-order valence-corrected chi connectivity index (χ0v) is 11.8. The molecule has 0 aromatic heterocycles. The normalized spacial score (nSPS) is 33.1. The van der Waals surface area contributed by atoms with Crippen molar-refractivity contribution in [2.45, 2.75) is 51.1 Å². The number of methoxy groups -OCH3 is 1. The molecule has 2 aliphatic rings. The van der Waals surface area contributed by atoms with Gasteiger partial charge in [0.25, 0.3) is 0 Å². The number of carbonyl (C=O) groups is 1. The summed E-state index contributed by atoms with van der Waals surface area (Å²) in [6, 6.07) is -0.596. The van der Waals surface area contributed by atoms with Crippen molar-refractivity contribution in [1.29, 1.82) is 0 Å². The molecule has 1 saturated heterocycles. The van der Waals surface area contributed by atoms with E-state index in [2.05, 4.69) is 0 Å². The molecule has 1 aliphatic heterocycles. The first-order valence-electron chi connectivity index (χ1n) is 6.60. The van der Waals surface area contributed by atoms with E-state index < -0.39 is 22.0 Å². The van der Waals surface area contributed by atoms with E-state index in [9.17, 15) is 13.2 Å². The highest BCUT2D eigenvalue weighted by molar-refractivity contribution is 7.89. The Bertz CT molecular complexity index is 420. The maximum Gasteiger partial charge on any atom is 0.324 e. The van der Waals surface area contributed by atoms with Crippen LogP contribution in [-0.2, 0) is 19.6 Å². The van der Waals surface area contributed by atoms with Crippen LogP contribution in [0.4, 0.5) is 0 Å². The number of fused-ring (bicyclic) bond motifs is 1. The molecule has 0 N–H and O–H groups in total. The first-order valence-corrected chi connectivity index (χ1v) is 8.21. The lowest BCUT2D eigenvalue weighted by molar-refractivity contribution is -0.144. The fraction of sp³-hybridized carbons (Fsp3) is 0.917. The largest absolute Gasteiger partial charge is 0.468 e. The second-order valence-corrected chi connectivity index (χ2v) is 7.28. The summed E-state index contributed by atoms with van der Waals surface area (Å²) in [4.78, 5) is 11.8. The number of ether oxygens (including phenoxy) is 1. The molecule has 1 saturated carbocycles. The van der Waals surface area contributed by atoms with E-state index in [1.54, 1.807) is 6.92 Å². The van der Waals surface area contributed by atoms with Crippen LogP contribution in [0.15, 0.2) is 0 Å². The topological polar surface area (TPSA) is 63.7 Å². The number of sulfonamides is 1. The maximum atomic E-state index is 12.2. The SMILES string of the molecule is CCS(=O)(=O)N1[C@@H]2CCCC[C@@H]2C[C@H]1C(=O)OC. The van der Waals surface area contributed by atoms with Gasteiger partial charge in [-0.1, -0.05) is 12.8 Å². The molecule has 2 fully saturated rings. The van der Waals surface area contributed by atoms with Crippen molar-refractivity contribution in [2.75, 3.05) is 12.9 Å². The molecule has 0 unspecified atom stereocenters. The summed E-state index contributed by atoms with van der Waals surface area (Å²) in [6.45, 7) is 1.62. The third kappa shape index (κ3) is 2.28. The first-order chi connectivity index (χ1) is 8.51. The van der Waals surface area contributed by atoms with Crippen LogP contribution in [0.5, 0.6) is 0 Å². The minimum Gasteiger partial charge on any atom is -0.468 e. The number of hydrogen-bond donors (Lipinski definition) is 0. The van der Waals surface area contributed by atoms with Crippen molar-refractivity contribution < 1.29 is 17.9 Å². The van der Waals surface area contributed by atoms with E-state index in [1.165, 1.54) is 11.4 Å². The van der Waals surface area contributed by atoms with Crippen molar-refractivity contribution in [3.05, 3.63) is 0 Å². The molecule has 0 bridgehead atoms. The van der Waals surface area contributed by atoms with E-state index in [0.717, 1.165) is 25.7 Å². The van der Waals surface area contributed by atoms with Crippen LogP contribution in [0, 0.1) is 5.92 Å². The van der Waals surface area contributed by atoms with Crippen LogP contribution in [0.3, 0.4) is 0 Å². The summed E-state index contributed by atoms with van der Waals surface area (Å²) in [5.41, 5.74) is 0. The third-order valence-corrected chi connectivity index (χ3v) is 6.09. The average molecular weight is 275 g/mol. The number of esters is 1. The smallest absolute Gasteiger partial charge is 0.324 e. The van der Waals surface area contributed by atoms with Gasteiger partial charge >= 0.3 is 5.97 Å². The highest BCUT2D eigenvalue weighted by Crippen LogP contribution is 2.41. The lowest BCUT2D eigenvalue weighted by Crippen LogP contribution is -2.47. The highest BCUT2D eigenvalue weighted by Gasteiger charge is 2.50. The lowest BCUT2D eigenvalue weighted by atomic mass is 9.85. The van der Waals surface area contributed by atoms with Crippen LogP contribution in [0.2, 0.25) is 0 Å². The molecule has 104 valence electrons. The molecular formula is C12H21NO4S. The van der Waals surface area contributed by atoms with Crippen molar-refractivity contribution in [3.8, 4) is 0 Å². The number of rotatable bonds is 3. The van der Waals surface area contributed by atoms with E-state index >= 15 is 0 Å². The van der Waals surface area contributed by atoms with Crippen LogP contribution in [0.1, 0.15) is 39.0 Å². The Morgan fingerprint density at radius 3 is 2.61 bits per heavy atom. The van der Waals surface area contributed by atoms with Crippen LogP contribution in [0.25, 0.3) is 0 Å². The molecule has 3 atom stereocenters. The van der Waals surface area contributed by atoms with Gasteiger partial charge in [0.1, 0.15) is 6.04 Å². The van der Waals surface area contributed by atoms with Gasteiger partial charge in [0.05, 0.1) is 12.9 Å². The number of nitrogens with zero attached hydrogens (tertiary/aromatic N) is 1. The molecule has 5 nitrogen and oxygen atoms in total. The number of hydrogen-bond acceptors (Lipinski definition) is 4. The zero-order valence-electron chi connectivity index (χ0n) is 11.0. The van der Waals surface area contributed by atoms with Gasteiger partial charge in [-0.3, -0.25) is 4.79 Å². The Morgan fingerprint density at radius 1 is 1.33 bits per heavy atom. The highest BCUT2D eigenvalue weighted by atomic mass is 32.2. The minimum atomic E-state index is -3.34. The summed E-state index contributed by atoms with van der Waals surface area (Å²) in [5, 5.41) is 0. The zero-order chi connectivity index (χ0) is 13.3. The van der Waals surface area contributed by atoms with Gasteiger partial charge in [-0.15, -0.1) is 0 Å². The van der Waals surface area contributed by atoms with Crippen molar-refractivity contribution >= 4 is 16.0 Å². The summed E-state index contributed by atoms with van der Waals surface area (Å²) < 4.78 is 30.6. The average Bonchev–Trinajstić information content (AvgIpc) is 2.77. The van der Waals surface area contributed by atoms with Crippen molar-refractivity contribution in [1.82, 2.24) is 4.31 Å². The van der Waals surface area contributed by atoms with E-state index in [1.807, 2.05) is 0 Å². The summed E-state index contributed by atoms with van der Waals surface area (Å²) in [6.07, 6.45) is 4.70. The molecule has 1 aliphatic carbocycles. The Hall–Kier alpha value is -0.620. The monoisotopic (exact) mass is 275 g/mol. The second-order valence-electron chi connectivity index (χ2n) is 5.12. The molecule has 6 heteroatoms. The second kappa shape index (κ2) is 5.17. The molecule has 2 rings (SSSR count). The Kier molecular flexibility index (Phi) is 3.96. The summed E-state index contributed by atoms with van der Waals surface area (Å²) in [7, 11) is -2.02. The van der Waals surface area contributed by atoms with Crippen molar-refractivity contribution in [3.63, 3.8) is 0 Å². The maximum absolute atomic E-state index is 12.2. The van der Waals surface area contributed by atoms with Gasteiger partial charge < -0.3 is 4.74 Å². The van der Waals surface area contributed by atoms with Crippen LogP contribution < -0.4 is 0 Å². The van der Waals surface area contributed by atoms with Gasteiger partial charge in [-0.05, 0) is 32.1 Å². The molecule has 0 aromatic rings. The predicted octanol–water partition coefficient (Wildman–Crippen LogP) is 1.14. The molecule has 18 heavy (non-hydrogen) atoms. The van der Waals surface area contributed by atoms with Gasteiger partial charge in [-0.2, -0.15) is 4.31 Å². The summed E-state index contributed by atoms with van der Waals surface area (Å²) >= 11 is 0. The van der Waals surface area contributed by atoms with E-state index in [4.69, 9.17) is 4.74 Å². The van der Waals surface area contributed by atoms with Crippen LogP contribution in [-0.4, -0.2) is 43.6 Å². The quantitative estimate of drug-likeness (QED) is 0.725. The van der Waals surface area contributed by atoms with E-state index in [-0.39, 0.29) is 11.8 Å². The third-order valence-electron chi connectivity index (χ3n) is 4.19. The van der Waals surface area contributed by atoms with Gasteiger partial charge in [0, 0.05) is 6.04 Å². The molecular weight excluding hydrogens is 254 g/mol. The van der Waals surface area contributed by atoms with Gasteiger partial charge in [-0.25, -0.2) is 8.42 Å². The molecule has 0 amide bonds. The van der Waals surface area contributed by atoms with Crippen LogP contribution >= 0.6 is 0 Å². The van der Waals surface area contributed by atoms with Gasteiger partial charge in [0.15, 0.2) is 0 Å². The molecule has 1 heterocycles. The van der Waals surface area contributed by atoms with E-state index in [0.29, 0.717) is 12.3 Å². The molecule has 0 radical (unpaired) electrons. The van der Waals surface area contributed by atoms with Crippen molar-refractivity contribution in [2.24, 2.45) is 5.92 Å². The Morgan fingerprint density at radius 2 is 2.00 bits per heavy atom. The molecule has 0 spiro atoms. The predicted molar refractivity (Wildman–Crippen MR) is 67.5 cm³/mol. The van der Waals surface area contributed by atoms with Gasteiger partial charge in [0.2, 0.25) is 10.0 Å². The lowest BCUT2D eigenvalue weighted by Gasteiger charge is -2.32. The molecule has 0 aromatic carbocycles.